The number of unbranched alkanes of at least 4 members (excludes halogenated alkanes) is 5. The maximum Gasteiger partial charge on any atom is 0.416 e. The molecule has 0 radical (unpaired) electrons. The number of thioether (sulfide) groups is 2. The molecule has 1 aromatic heterocycles. The second-order valence-electron chi connectivity index (χ2n) is 18.4. The Morgan fingerprint density at radius 3 is 1.49 bits per heavy atom. The first-order valence-corrected chi connectivity index (χ1v) is 27.6. The number of aryl methyl sites for hydroxylation is 2. The smallest absolute Gasteiger partial charge is 0.416 e. The number of ether oxygens (including phenoxy) is 2. The zero-order valence-electron chi connectivity index (χ0n) is 43.6. The van der Waals surface area contributed by atoms with Gasteiger partial charge in [-0.1, -0.05) is 66.3 Å². The topological polar surface area (TPSA) is 140 Å². The van der Waals surface area contributed by atoms with Crippen LogP contribution in [0.15, 0.2) is 148 Å². The van der Waals surface area contributed by atoms with Crippen molar-refractivity contribution < 1.29 is 50.0 Å². The lowest BCUT2D eigenvalue weighted by molar-refractivity contribution is -0.696. The molecule has 2 unspecified atom stereocenters. The van der Waals surface area contributed by atoms with Crippen LogP contribution in [0.2, 0.25) is 0 Å². The van der Waals surface area contributed by atoms with Gasteiger partial charge in [0.1, 0.15) is 24.5 Å². The van der Waals surface area contributed by atoms with E-state index in [1.807, 2.05) is 12.4 Å². The van der Waals surface area contributed by atoms with E-state index in [-0.39, 0.29) is 35.7 Å². The number of halogens is 6. The van der Waals surface area contributed by atoms with Crippen molar-refractivity contribution >= 4 is 57.2 Å². The number of nitrogens with zero attached hydrogens (tertiary/aromatic N) is 8. The lowest BCUT2D eigenvalue weighted by atomic mass is 9.95. The quantitative estimate of drug-likeness (QED) is 0.0302. The van der Waals surface area contributed by atoms with Gasteiger partial charge in [-0.05, 0) is 138 Å². The lowest BCUT2D eigenvalue weighted by Gasteiger charge is -2.35. The molecule has 0 fully saturated rings. The molecular formula is C58H59F6N8O4S2+. The fourth-order valence-corrected chi connectivity index (χ4v) is 11.3. The van der Waals surface area contributed by atoms with E-state index in [9.17, 15) is 46.5 Å². The summed E-state index contributed by atoms with van der Waals surface area (Å²) in [7, 11) is 0. The van der Waals surface area contributed by atoms with Crippen molar-refractivity contribution in [2.45, 2.75) is 110 Å². The van der Waals surface area contributed by atoms with E-state index in [0.717, 1.165) is 82.3 Å². The van der Waals surface area contributed by atoms with Gasteiger partial charge in [-0.2, -0.15) is 36.9 Å². The van der Waals surface area contributed by atoms with E-state index >= 15 is 0 Å². The number of imidazole rings is 1. The summed E-state index contributed by atoms with van der Waals surface area (Å²) in [5, 5.41) is 19.7. The van der Waals surface area contributed by atoms with Gasteiger partial charge in [0.25, 0.3) is 0 Å². The maximum absolute atomic E-state index is 14.0. The van der Waals surface area contributed by atoms with Crippen LogP contribution in [0.5, 0.6) is 0 Å². The van der Waals surface area contributed by atoms with Crippen LogP contribution in [0.25, 0.3) is 0 Å². The molecule has 7 rings (SSSR count). The van der Waals surface area contributed by atoms with Gasteiger partial charge in [0.2, 0.25) is 6.33 Å². The van der Waals surface area contributed by atoms with Crippen LogP contribution in [-0.4, -0.2) is 51.6 Å². The predicted octanol–water partition coefficient (Wildman–Crippen LogP) is 13.7. The number of rotatable bonds is 21. The molecule has 2 aliphatic heterocycles. The number of allylic oxidation sites excluding steroid dienone is 2. The molecule has 0 amide bonds. The SMILES string of the molecule is CCOC(=O)C1=C(C)N(c2cccc(C(F)(F)F)c2)C(SCCCCCCn2cc[n+](CCCCCSC3=NC(c4ccc(C#N)cc4)C(C(=O)OCC)=C(C)N3c3cccc(C(F)(F)F)c3)c2)=NC1c1ccc(C#N)cc1. The molecule has 2 aliphatic rings. The fourth-order valence-electron chi connectivity index (χ4n) is 9.10. The van der Waals surface area contributed by atoms with E-state index in [1.54, 1.807) is 98.2 Å². The van der Waals surface area contributed by atoms with Crippen molar-refractivity contribution in [3.63, 3.8) is 0 Å². The summed E-state index contributed by atoms with van der Waals surface area (Å²) in [5.74, 6) is -0.0387. The van der Waals surface area contributed by atoms with E-state index in [1.165, 1.54) is 35.7 Å². The van der Waals surface area contributed by atoms with Crippen LogP contribution < -0.4 is 14.4 Å². The zero-order chi connectivity index (χ0) is 56.0. The molecule has 0 spiro atoms. The van der Waals surface area contributed by atoms with Gasteiger partial charge in [0.15, 0.2) is 10.3 Å². The van der Waals surface area contributed by atoms with Crippen LogP contribution >= 0.6 is 23.5 Å². The molecule has 5 aromatic rings. The van der Waals surface area contributed by atoms with Crippen molar-refractivity contribution in [2.75, 3.05) is 34.5 Å². The number of esters is 2. The first-order valence-electron chi connectivity index (χ1n) is 25.6. The van der Waals surface area contributed by atoms with Gasteiger partial charge in [-0.15, -0.1) is 0 Å². The molecular weight excluding hydrogens is 1050 g/mol. The third-order valence-corrected chi connectivity index (χ3v) is 15.1. The highest BCUT2D eigenvalue weighted by Crippen LogP contribution is 2.43. The number of hydrogen-bond donors (Lipinski definition) is 0. The van der Waals surface area contributed by atoms with Crippen molar-refractivity contribution in [1.82, 2.24) is 4.57 Å². The number of carbonyl (C=O) groups is 2. The van der Waals surface area contributed by atoms with E-state index in [0.29, 0.717) is 55.5 Å². The molecule has 0 aliphatic carbocycles. The van der Waals surface area contributed by atoms with Crippen LogP contribution in [0.1, 0.15) is 118 Å². The van der Waals surface area contributed by atoms with E-state index < -0.39 is 47.5 Å². The third kappa shape index (κ3) is 14.6. The van der Waals surface area contributed by atoms with Crippen LogP contribution in [0.4, 0.5) is 37.7 Å². The Kier molecular flexibility index (Phi) is 20.1. The molecule has 2 atom stereocenters. The molecule has 20 heteroatoms. The Hall–Kier alpha value is -7.29. The average Bonchev–Trinajstić information content (AvgIpc) is 3.89. The minimum absolute atomic E-state index is 0.0851. The van der Waals surface area contributed by atoms with Gasteiger partial charge in [-0.3, -0.25) is 9.80 Å². The summed E-state index contributed by atoms with van der Waals surface area (Å²) in [5.41, 5.74) is 2.07. The number of aromatic nitrogens is 2. The summed E-state index contributed by atoms with van der Waals surface area (Å²) in [6, 6.07) is 25.8. The van der Waals surface area contributed by atoms with Crippen molar-refractivity contribution in [2.24, 2.45) is 9.98 Å². The number of amidine groups is 2. The number of alkyl halides is 6. The van der Waals surface area contributed by atoms with Crippen molar-refractivity contribution in [1.29, 1.82) is 10.5 Å². The number of benzene rings is 4. The Morgan fingerprint density at radius 2 is 1.06 bits per heavy atom. The van der Waals surface area contributed by atoms with E-state index in [4.69, 9.17) is 19.5 Å². The highest BCUT2D eigenvalue weighted by atomic mass is 32.2. The maximum atomic E-state index is 14.0. The van der Waals surface area contributed by atoms with Crippen molar-refractivity contribution in [3.05, 3.63) is 172 Å². The molecule has 0 bridgehead atoms. The summed E-state index contributed by atoms with van der Waals surface area (Å²) in [6.07, 6.45) is 3.04. The second kappa shape index (κ2) is 26.9. The molecule has 0 saturated heterocycles. The zero-order valence-corrected chi connectivity index (χ0v) is 45.2. The lowest BCUT2D eigenvalue weighted by Crippen LogP contribution is -2.35. The highest BCUT2D eigenvalue weighted by molar-refractivity contribution is 8.14. The van der Waals surface area contributed by atoms with E-state index in [2.05, 4.69) is 27.6 Å². The Labute approximate surface area is 458 Å². The first kappa shape index (κ1) is 58.4. The molecule has 78 heavy (non-hydrogen) atoms. The average molecular weight is 1110 g/mol. The summed E-state index contributed by atoms with van der Waals surface area (Å²) >= 11 is 2.81. The molecule has 0 N–H and O–H groups in total. The number of carbonyl (C=O) groups excluding carboxylic acids is 2. The first-order chi connectivity index (χ1) is 37.4. The molecule has 3 heterocycles. The minimum Gasteiger partial charge on any atom is -0.463 e. The van der Waals surface area contributed by atoms with Gasteiger partial charge in [0, 0.05) is 34.3 Å². The Bertz CT molecular complexity index is 3140. The van der Waals surface area contributed by atoms with Crippen molar-refractivity contribution in [3.8, 4) is 12.1 Å². The normalized spacial score (nSPS) is 15.9. The largest absolute Gasteiger partial charge is 0.463 e. The third-order valence-electron chi connectivity index (χ3n) is 13.0. The summed E-state index contributed by atoms with van der Waals surface area (Å²) in [6.45, 7) is 8.47. The molecule has 0 saturated carbocycles. The predicted molar refractivity (Wildman–Crippen MR) is 291 cm³/mol. The van der Waals surface area contributed by atoms with Gasteiger partial charge in [-0.25, -0.2) is 28.7 Å². The van der Waals surface area contributed by atoms with Crippen LogP contribution in [0, 0.1) is 22.7 Å². The second-order valence-corrected chi connectivity index (χ2v) is 20.5. The fraction of sp³-hybridized carbons (Fsp3) is 0.362. The van der Waals surface area contributed by atoms with Crippen LogP contribution in [-0.2, 0) is 44.5 Å². The van der Waals surface area contributed by atoms with Crippen LogP contribution in [0.3, 0.4) is 0 Å². The number of aliphatic imine (C=N–C) groups is 2. The molecule has 4 aromatic carbocycles. The Balaban J connectivity index is 0.926. The molecule has 12 nitrogen and oxygen atoms in total. The monoisotopic (exact) mass is 1110 g/mol. The highest BCUT2D eigenvalue weighted by Gasteiger charge is 2.39. The van der Waals surface area contributed by atoms with Gasteiger partial charge in [0.05, 0.1) is 71.8 Å². The van der Waals surface area contributed by atoms with Gasteiger partial charge < -0.3 is 9.47 Å². The molecule has 408 valence electrons. The standard InChI is InChI=1S/C58H59F6N8O4S2/c1-5-75-53(73)49-39(3)71(47-18-14-16-45(34-47)57(59,60)61)55(67-51(49)43-24-20-41(36-65)21-25-43)77-32-12-8-7-10-28-69-30-31-70(38-69)29-11-9-13-33-78-56-68-52(44-26-22-42(37-66)23-27-44)50(54(74)76-6-2)40(4)72(56)48-19-15-17-46(35-48)58(62,63)64/h14-27,30-31,34-35,38,51-52H,5-13,28-29,32-33H2,1-4H3/q+1. The van der Waals surface area contributed by atoms with Gasteiger partial charge >= 0.3 is 24.3 Å². The number of hydrogen-bond acceptors (Lipinski definition) is 12. The summed E-state index contributed by atoms with van der Waals surface area (Å²) in [4.78, 5) is 40.2. The Morgan fingerprint density at radius 1 is 0.628 bits per heavy atom. The summed E-state index contributed by atoms with van der Waals surface area (Å²) < 4.78 is 98.9. The number of anilines is 2. The minimum atomic E-state index is -4.59. The number of nitriles is 2.